The Morgan fingerprint density at radius 1 is 1.17 bits per heavy atom. The standard InChI is InChI=1S/C22H23N3O4S/c1-14-16-8-4-7-11-19(16)29-22(14)15(2)23-21(26)12-25-18-10-6-5-9-17(18)24-20(25)13-30(3,27)28/h4-11,15H,12-13H2,1-3H3,(H,23,26). The first-order chi connectivity index (χ1) is 14.2. The Balaban J connectivity index is 1.60. The SMILES string of the molecule is Cc1c(C(C)NC(=O)Cn2c(CS(C)(=O)=O)nc3ccccc32)oc2ccccc12. The highest BCUT2D eigenvalue weighted by Crippen LogP contribution is 2.29. The lowest BCUT2D eigenvalue weighted by molar-refractivity contribution is -0.122. The van der Waals surface area contributed by atoms with Gasteiger partial charge in [0.05, 0.1) is 17.1 Å². The number of aromatic nitrogens is 2. The predicted molar refractivity (Wildman–Crippen MR) is 116 cm³/mol. The van der Waals surface area contributed by atoms with Crippen LogP contribution in [-0.4, -0.2) is 30.1 Å². The van der Waals surface area contributed by atoms with Gasteiger partial charge in [-0.3, -0.25) is 4.79 Å². The normalized spacial score (nSPS) is 13.0. The van der Waals surface area contributed by atoms with E-state index in [2.05, 4.69) is 10.3 Å². The molecular weight excluding hydrogens is 402 g/mol. The van der Waals surface area contributed by atoms with Crippen LogP contribution in [0.3, 0.4) is 0 Å². The fourth-order valence-electron chi connectivity index (χ4n) is 3.75. The molecule has 2 heterocycles. The summed E-state index contributed by atoms with van der Waals surface area (Å²) in [5, 5.41) is 3.98. The maximum absolute atomic E-state index is 12.8. The van der Waals surface area contributed by atoms with Crippen LogP contribution in [0.1, 0.15) is 30.1 Å². The molecule has 2 aromatic heterocycles. The molecule has 0 aliphatic rings. The van der Waals surface area contributed by atoms with Gasteiger partial charge >= 0.3 is 0 Å². The maximum atomic E-state index is 12.8. The van der Waals surface area contributed by atoms with Crippen LogP contribution in [0.5, 0.6) is 0 Å². The van der Waals surface area contributed by atoms with Gasteiger partial charge in [0.2, 0.25) is 5.91 Å². The molecule has 1 unspecified atom stereocenters. The van der Waals surface area contributed by atoms with Crippen LogP contribution in [0.25, 0.3) is 22.0 Å². The van der Waals surface area contributed by atoms with E-state index in [-0.39, 0.29) is 24.2 Å². The van der Waals surface area contributed by atoms with Gasteiger partial charge in [-0.2, -0.15) is 0 Å². The van der Waals surface area contributed by atoms with Crippen molar-refractivity contribution in [2.75, 3.05) is 6.26 Å². The largest absolute Gasteiger partial charge is 0.459 e. The highest BCUT2D eigenvalue weighted by Gasteiger charge is 2.21. The predicted octanol–water partition coefficient (Wildman–Crippen LogP) is 3.51. The smallest absolute Gasteiger partial charge is 0.240 e. The van der Waals surface area contributed by atoms with Crippen molar-refractivity contribution < 1.29 is 17.6 Å². The molecule has 0 aliphatic carbocycles. The fourth-order valence-corrected chi connectivity index (χ4v) is 4.44. The Hall–Kier alpha value is -3.13. The Morgan fingerprint density at radius 2 is 1.87 bits per heavy atom. The summed E-state index contributed by atoms with van der Waals surface area (Å²) >= 11 is 0. The number of sulfone groups is 1. The van der Waals surface area contributed by atoms with Gasteiger partial charge in [-0.25, -0.2) is 13.4 Å². The van der Waals surface area contributed by atoms with Crippen molar-refractivity contribution in [1.82, 2.24) is 14.9 Å². The molecule has 0 saturated heterocycles. The molecule has 156 valence electrons. The number of carbonyl (C=O) groups excluding carboxylic acids is 1. The first kappa shape index (κ1) is 20.2. The minimum absolute atomic E-state index is 0.0328. The van der Waals surface area contributed by atoms with Gasteiger partial charge in [0.25, 0.3) is 0 Å². The molecule has 8 heteroatoms. The minimum atomic E-state index is -3.30. The topological polar surface area (TPSA) is 94.2 Å². The maximum Gasteiger partial charge on any atom is 0.240 e. The van der Waals surface area contributed by atoms with Crippen LogP contribution in [0.2, 0.25) is 0 Å². The second-order valence-corrected chi connectivity index (χ2v) is 9.69. The lowest BCUT2D eigenvalue weighted by Gasteiger charge is -2.14. The Bertz CT molecular complexity index is 1350. The highest BCUT2D eigenvalue weighted by molar-refractivity contribution is 7.89. The summed E-state index contributed by atoms with van der Waals surface area (Å²) < 4.78 is 31.3. The molecule has 7 nitrogen and oxygen atoms in total. The molecule has 2 aromatic carbocycles. The molecule has 1 amide bonds. The Labute approximate surface area is 174 Å². The van der Waals surface area contributed by atoms with E-state index in [0.29, 0.717) is 17.1 Å². The number of carbonyl (C=O) groups is 1. The van der Waals surface area contributed by atoms with Crippen LogP contribution in [-0.2, 0) is 26.9 Å². The molecule has 0 aliphatic heterocycles. The number of aryl methyl sites for hydroxylation is 1. The molecular formula is C22H23N3O4S. The average Bonchev–Trinajstić information content (AvgIpc) is 3.19. The molecule has 30 heavy (non-hydrogen) atoms. The van der Waals surface area contributed by atoms with E-state index in [9.17, 15) is 13.2 Å². The first-order valence-electron chi connectivity index (χ1n) is 9.62. The zero-order valence-corrected chi connectivity index (χ0v) is 17.9. The van der Waals surface area contributed by atoms with Gasteiger partial charge in [-0.05, 0) is 32.0 Å². The number of nitrogens with zero attached hydrogens (tertiary/aromatic N) is 2. The quantitative estimate of drug-likeness (QED) is 0.510. The van der Waals surface area contributed by atoms with Gasteiger partial charge in [-0.15, -0.1) is 0 Å². The van der Waals surface area contributed by atoms with Crippen LogP contribution < -0.4 is 5.32 Å². The van der Waals surface area contributed by atoms with E-state index in [1.807, 2.05) is 56.3 Å². The van der Waals surface area contributed by atoms with E-state index < -0.39 is 9.84 Å². The summed E-state index contributed by atoms with van der Waals surface area (Å²) in [7, 11) is -3.30. The number of furan rings is 1. The number of hydrogen-bond acceptors (Lipinski definition) is 5. The van der Waals surface area contributed by atoms with Crippen molar-refractivity contribution in [1.29, 1.82) is 0 Å². The Kier molecular flexibility index (Phi) is 5.11. The number of para-hydroxylation sites is 3. The molecule has 4 rings (SSSR count). The molecule has 0 saturated carbocycles. The lowest BCUT2D eigenvalue weighted by Crippen LogP contribution is -2.31. The van der Waals surface area contributed by atoms with Crippen molar-refractivity contribution in [3.05, 3.63) is 65.7 Å². The van der Waals surface area contributed by atoms with Crippen LogP contribution in [0, 0.1) is 6.92 Å². The third-order valence-corrected chi connectivity index (χ3v) is 5.86. The van der Waals surface area contributed by atoms with Crippen molar-refractivity contribution in [3.63, 3.8) is 0 Å². The Morgan fingerprint density at radius 3 is 2.60 bits per heavy atom. The number of nitrogens with one attached hydrogen (secondary N) is 1. The molecule has 1 N–H and O–H groups in total. The first-order valence-corrected chi connectivity index (χ1v) is 11.7. The van der Waals surface area contributed by atoms with Crippen molar-refractivity contribution >= 4 is 37.7 Å². The number of benzene rings is 2. The molecule has 0 fully saturated rings. The van der Waals surface area contributed by atoms with Gasteiger partial charge in [0, 0.05) is 17.2 Å². The second kappa shape index (κ2) is 7.60. The average molecular weight is 426 g/mol. The highest BCUT2D eigenvalue weighted by atomic mass is 32.2. The number of rotatable bonds is 6. The fraction of sp³-hybridized carbons (Fsp3) is 0.273. The number of hydrogen-bond donors (Lipinski definition) is 1. The van der Waals surface area contributed by atoms with Gasteiger partial charge in [0.1, 0.15) is 29.5 Å². The molecule has 1 atom stereocenters. The molecule has 0 spiro atoms. The van der Waals surface area contributed by atoms with Crippen LogP contribution in [0.15, 0.2) is 52.9 Å². The molecule has 0 radical (unpaired) electrons. The van der Waals surface area contributed by atoms with E-state index >= 15 is 0 Å². The van der Waals surface area contributed by atoms with Gasteiger partial charge < -0.3 is 14.3 Å². The van der Waals surface area contributed by atoms with Gasteiger partial charge in [0.15, 0.2) is 9.84 Å². The van der Waals surface area contributed by atoms with Gasteiger partial charge in [-0.1, -0.05) is 30.3 Å². The summed E-state index contributed by atoms with van der Waals surface area (Å²) in [5.74, 6) is 0.575. The van der Waals surface area contributed by atoms with Crippen LogP contribution >= 0.6 is 0 Å². The van der Waals surface area contributed by atoms with Crippen molar-refractivity contribution in [2.45, 2.75) is 32.2 Å². The summed E-state index contributed by atoms with van der Waals surface area (Å²) in [6, 6.07) is 14.7. The summed E-state index contributed by atoms with van der Waals surface area (Å²) in [6.45, 7) is 3.80. The van der Waals surface area contributed by atoms with Crippen molar-refractivity contribution in [2.24, 2.45) is 0 Å². The third kappa shape index (κ3) is 3.95. The molecule has 4 aromatic rings. The molecule has 0 bridgehead atoms. The van der Waals surface area contributed by atoms with E-state index in [0.717, 1.165) is 28.3 Å². The number of imidazole rings is 1. The zero-order chi connectivity index (χ0) is 21.5. The summed E-state index contributed by atoms with van der Waals surface area (Å²) in [4.78, 5) is 17.2. The number of fused-ring (bicyclic) bond motifs is 2. The van der Waals surface area contributed by atoms with Crippen LogP contribution in [0.4, 0.5) is 0 Å². The van der Waals surface area contributed by atoms with E-state index in [1.165, 1.54) is 0 Å². The monoisotopic (exact) mass is 425 g/mol. The third-order valence-electron chi connectivity index (χ3n) is 5.08. The zero-order valence-electron chi connectivity index (χ0n) is 17.0. The number of amides is 1. The second-order valence-electron chi connectivity index (χ2n) is 7.55. The minimum Gasteiger partial charge on any atom is -0.459 e. The van der Waals surface area contributed by atoms with Crippen molar-refractivity contribution in [3.8, 4) is 0 Å². The summed E-state index contributed by atoms with van der Waals surface area (Å²) in [6.07, 6.45) is 1.16. The van der Waals surface area contributed by atoms with E-state index in [4.69, 9.17) is 4.42 Å². The summed E-state index contributed by atoms with van der Waals surface area (Å²) in [5.41, 5.74) is 3.15. The van der Waals surface area contributed by atoms with E-state index in [1.54, 1.807) is 10.6 Å². The lowest BCUT2D eigenvalue weighted by atomic mass is 10.1.